The fourth-order valence-electron chi connectivity index (χ4n) is 1.74. The van der Waals surface area contributed by atoms with Crippen LogP contribution in [-0.4, -0.2) is 22.5 Å². The van der Waals surface area contributed by atoms with Gasteiger partial charge in [0.25, 0.3) is 0 Å². The van der Waals surface area contributed by atoms with Gasteiger partial charge in [0.15, 0.2) is 0 Å². The van der Waals surface area contributed by atoms with Crippen molar-refractivity contribution in [1.29, 1.82) is 0 Å². The lowest BCUT2D eigenvalue weighted by molar-refractivity contribution is 0.542. The van der Waals surface area contributed by atoms with Crippen molar-refractivity contribution < 1.29 is 0 Å². The number of para-hydroxylation sites is 1. The third-order valence-corrected chi connectivity index (χ3v) is 3.87. The topological polar surface area (TPSA) is 25.8 Å². The maximum absolute atomic E-state index is 4.79. The number of hydrogen-bond donors (Lipinski definition) is 1. The molecule has 0 bridgehead atoms. The van der Waals surface area contributed by atoms with E-state index in [0.717, 1.165) is 11.3 Å². The van der Waals surface area contributed by atoms with Crippen molar-refractivity contribution in [3.63, 3.8) is 0 Å². The molecule has 0 aliphatic rings. The van der Waals surface area contributed by atoms with Gasteiger partial charge in [0, 0.05) is 10.8 Å². The minimum absolute atomic E-state index is 0.00409. The minimum atomic E-state index is -0.210. The molecule has 2 aromatic rings. The van der Waals surface area contributed by atoms with Crippen molar-refractivity contribution in [2.45, 2.75) is 31.2 Å². The molecule has 3 heteroatoms. The SMILES string of the molecule is C[SH](C)c1nc(C(C)(C)C)nc2ccccc12. The molecule has 2 rings (SSSR count). The summed E-state index contributed by atoms with van der Waals surface area (Å²) in [5, 5.41) is 2.42. The molecule has 0 atom stereocenters. The zero-order valence-corrected chi connectivity index (χ0v) is 12.0. The van der Waals surface area contributed by atoms with Crippen LogP contribution in [0, 0.1) is 0 Å². The van der Waals surface area contributed by atoms with Crippen LogP contribution < -0.4 is 0 Å². The highest BCUT2D eigenvalue weighted by Crippen LogP contribution is 2.34. The zero-order valence-electron chi connectivity index (χ0n) is 11.2. The molecule has 1 heterocycles. The van der Waals surface area contributed by atoms with Crippen LogP contribution >= 0.6 is 10.9 Å². The van der Waals surface area contributed by atoms with E-state index >= 15 is 0 Å². The molecular formula is C14H20N2S. The van der Waals surface area contributed by atoms with Crippen molar-refractivity contribution >= 4 is 21.8 Å². The molecule has 0 aliphatic heterocycles. The van der Waals surface area contributed by atoms with Crippen molar-refractivity contribution in [1.82, 2.24) is 9.97 Å². The minimum Gasteiger partial charge on any atom is -0.232 e. The Morgan fingerprint density at radius 2 is 1.65 bits per heavy atom. The highest BCUT2D eigenvalue weighted by atomic mass is 32.2. The van der Waals surface area contributed by atoms with E-state index < -0.39 is 0 Å². The summed E-state index contributed by atoms with van der Waals surface area (Å²) in [6.45, 7) is 6.48. The van der Waals surface area contributed by atoms with Gasteiger partial charge in [-0.15, -0.1) is 0 Å². The average molecular weight is 248 g/mol. The van der Waals surface area contributed by atoms with Crippen LogP contribution in [0.15, 0.2) is 29.3 Å². The van der Waals surface area contributed by atoms with E-state index in [0.29, 0.717) is 0 Å². The summed E-state index contributed by atoms with van der Waals surface area (Å²) >= 11 is 0. The Morgan fingerprint density at radius 1 is 1.00 bits per heavy atom. The molecule has 0 N–H and O–H groups in total. The fourth-order valence-corrected chi connectivity index (χ4v) is 2.70. The standard InChI is InChI=1S/C14H20N2S/c1-14(2,3)13-15-11-9-7-6-8-10(11)12(16-13)17(4)5/h6-9,17H,1-5H3. The normalized spacial score (nSPS) is 12.9. The first-order valence-electron chi connectivity index (χ1n) is 5.84. The van der Waals surface area contributed by atoms with Crippen LogP contribution in [0.25, 0.3) is 10.9 Å². The first-order chi connectivity index (χ1) is 7.89. The number of fused-ring (bicyclic) bond motifs is 1. The molecule has 1 aromatic carbocycles. The number of thiol groups is 1. The van der Waals surface area contributed by atoms with Crippen molar-refractivity contribution in [2.75, 3.05) is 12.5 Å². The van der Waals surface area contributed by atoms with E-state index in [4.69, 9.17) is 4.98 Å². The average Bonchev–Trinajstić information content (AvgIpc) is 2.26. The van der Waals surface area contributed by atoms with E-state index in [9.17, 15) is 0 Å². The number of nitrogens with zero attached hydrogens (tertiary/aromatic N) is 2. The molecule has 0 amide bonds. The van der Waals surface area contributed by atoms with Crippen LogP contribution in [0.5, 0.6) is 0 Å². The Bertz CT molecular complexity index is 541. The number of aromatic nitrogens is 2. The maximum atomic E-state index is 4.79. The van der Waals surface area contributed by atoms with E-state index in [2.05, 4.69) is 56.5 Å². The summed E-state index contributed by atoms with van der Waals surface area (Å²) in [7, 11) is -0.210. The van der Waals surface area contributed by atoms with Gasteiger partial charge in [-0.1, -0.05) is 39.0 Å². The summed E-state index contributed by atoms with van der Waals surface area (Å²) in [4.78, 5) is 9.48. The van der Waals surface area contributed by atoms with Crippen molar-refractivity contribution in [3.8, 4) is 0 Å². The van der Waals surface area contributed by atoms with E-state index in [-0.39, 0.29) is 16.3 Å². The molecule has 0 aliphatic carbocycles. The molecular weight excluding hydrogens is 228 g/mol. The van der Waals surface area contributed by atoms with Gasteiger partial charge in [0.05, 0.1) is 10.5 Å². The molecule has 0 saturated carbocycles. The van der Waals surface area contributed by atoms with Crippen LogP contribution in [-0.2, 0) is 5.41 Å². The number of rotatable bonds is 1. The van der Waals surface area contributed by atoms with E-state index in [1.807, 2.05) is 6.07 Å². The Morgan fingerprint density at radius 3 is 2.24 bits per heavy atom. The van der Waals surface area contributed by atoms with Gasteiger partial charge in [-0.2, -0.15) is 0 Å². The summed E-state index contributed by atoms with van der Waals surface area (Å²) in [5.74, 6) is 0.947. The van der Waals surface area contributed by atoms with Gasteiger partial charge in [-0.25, -0.2) is 20.9 Å². The molecule has 2 nitrogen and oxygen atoms in total. The van der Waals surface area contributed by atoms with E-state index in [1.54, 1.807) is 0 Å². The second-order valence-electron chi connectivity index (χ2n) is 5.53. The number of benzene rings is 1. The predicted molar refractivity (Wildman–Crippen MR) is 77.3 cm³/mol. The van der Waals surface area contributed by atoms with Gasteiger partial charge < -0.3 is 0 Å². The number of hydrogen-bond acceptors (Lipinski definition) is 2. The Hall–Kier alpha value is -1.09. The molecule has 0 unspecified atom stereocenters. The van der Waals surface area contributed by atoms with Crippen LogP contribution in [0.2, 0.25) is 0 Å². The Labute approximate surface area is 106 Å². The third-order valence-electron chi connectivity index (χ3n) is 2.68. The first kappa shape index (κ1) is 12.4. The van der Waals surface area contributed by atoms with Gasteiger partial charge in [-0.3, -0.25) is 0 Å². The lowest BCUT2D eigenvalue weighted by Crippen LogP contribution is -2.16. The molecule has 1 aromatic heterocycles. The smallest absolute Gasteiger partial charge is 0.135 e. The molecule has 0 spiro atoms. The molecule has 92 valence electrons. The van der Waals surface area contributed by atoms with Crippen molar-refractivity contribution in [3.05, 3.63) is 30.1 Å². The second-order valence-corrected chi connectivity index (χ2v) is 7.74. The van der Waals surface area contributed by atoms with Gasteiger partial charge in [-0.05, 0) is 18.6 Å². The third kappa shape index (κ3) is 2.44. The molecule has 0 saturated heterocycles. The Kier molecular flexibility index (Phi) is 3.13. The summed E-state index contributed by atoms with van der Waals surface area (Å²) < 4.78 is 0. The van der Waals surface area contributed by atoms with Gasteiger partial charge >= 0.3 is 0 Å². The monoisotopic (exact) mass is 248 g/mol. The predicted octanol–water partition coefficient (Wildman–Crippen LogP) is 3.55. The summed E-state index contributed by atoms with van der Waals surface area (Å²) in [5.41, 5.74) is 1.07. The quantitative estimate of drug-likeness (QED) is 0.617. The van der Waals surface area contributed by atoms with Gasteiger partial charge in [0.1, 0.15) is 5.82 Å². The van der Waals surface area contributed by atoms with Crippen LogP contribution in [0.3, 0.4) is 0 Å². The highest BCUT2D eigenvalue weighted by molar-refractivity contribution is 8.15. The van der Waals surface area contributed by atoms with Gasteiger partial charge in [0.2, 0.25) is 0 Å². The van der Waals surface area contributed by atoms with Crippen molar-refractivity contribution in [2.24, 2.45) is 0 Å². The molecule has 17 heavy (non-hydrogen) atoms. The molecule has 0 fully saturated rings. The van der Waals surface area contributed by atoms with Crippen LogP contribution in [0.1, 0.15) is 26.6 Å². The van der Waals surface area contributed by atoms with Crippen LogP contribution in [0.4, 0.5) is 0 Å². The summed E-state index contributed by atoms with van der Waals surface area (Å²) in [6, 6.07) is 8.30. The highest BCUT2D eigenvalue weighted by Gasteiger charge is 2.19. The second kappa shape index (κ2) is 4.30. The summed E-state index contributed by atoms with van der Waals surface area (Å²) in [6.07, 6.45) is 4.49. The lowest BCUT2D eigenvalue weighted by Gasteiger charge is -2.20. The molecule has 0 radical (unpaired) electrons. The fraction of sp³-hybridized carbons (Fsp3) is 0.429. The van der Waals surface area contributed by atoms with E-state index in [1.165, 1.54) is 10.4 Å². The maximum Gasteiger partial charge on any atom is 0.135 e. The Balaban J connectivity index is 2.76. The largest absolute Gasteiger partial charge is 0.232 e. The lowest BCUT2D eigenvalue weighted by atomic mass is 9.95. The zero-order chi connectivity index (χ0) is 12.6. The first-order valence-corrected chi connectivity index (χ1v) is 8.08.